The molecule has 2 aromatic heterocycles. The zero-order chi connectivity index (χ0) is 21.1. The van der Waals surface area contributed by atoms with Gasteiger partial charge in [-0.05, 0) is 56.0 Å². The minimum atomic E-state index is -0.135. The third-order valence-electron chi connectivity index (χ3n) is 5.68. The van der Waals surface area contributed by atoms with E-state index < -0.39 is 0 Å². The second-order valence-electron chi connectivity index (χ2n) is 8.11. The molecule has 0 atom stereocenters. The number of carbonyl (C=O) groups is 1. The second kappa shape index (κ2) is 8.69. The Morgan fingerprint density at radius 3 is 2.73 bits per heavy atom. The number of aromatic nitrogens is 2. The number of hydrogen-bond donors (Lipinski definition) is 1. The standard InChI is InChI=1S/C24H27N3O3/c1-16-10-11-27-22(12-16)25-20(14-23(27)28)15-30-21-13-19(9-8-17(21)2)26-24(29)18-6-4-3-5-7-18/h8-14,18H,3-7,15H2,1-2H3,(H,26,29). The Morgan fingerprint density at radius 2 is 1.93 bits per heavy atom. The summed E-state index contributed by atoms with van der Waals surface area (Å²) in [5.41, 5.74) is 3.77. The zero-order valence-electron chi connectivity index (χ0n) is 17.5. The molecule has 4 rings (SSSR count). The van der Waals surface area contributed by atoms with E-state index in [1.54, 1.807) is 6.20 Å². The molecule has 0 spiro atoms. The number of nitrogens with one attached hydrogen (secondary N) is 1. The number of rotatable bonds is 5. The van der Waals surface area contributed by atoms with Crippen LogP contribution in [0.5, 0.6) is 5.75 Å². The predicted octanol–water partition coefficient (Wildman–Crippen LogP) is 4.41. The Bertz CT molecular complexity index is 1130. The maximum absolute atomic E-state index is 12.5. The van der Waals surface area contributed by atoms with Crippen LogP contribution in [0.3, 0.4) is 0 Å². The van der Waals surface area contributed by atoms with Crippen molar-refractivity contribution in [3.05, 3.63) is 69.8 Å². The molecule has 2 heterocycles. The van der Waals surface area contributed by atoms with E-state index in [-0.39, 0.29) is 24.0 Å². The van der Waals surface area contributed by atoms with Crippen molar-refractivity contribution in [1.29, 1.82) is 0 Å². The highest BCUT2D eigenvalue weighted by molar-refractivity contribution is 5.92. The van der Waals surface area contributed by atoms with E-state index >= 15 is 0 Å². The summed E-state index contributed by atoms with van der Waals surface area (Å²) >= 11 is 0. The molecule has 6 nitrogen and oxygen atoms in total. The lowest BCUT2D eigenvalue weighted by molar-refractivity contribution is -0.120. The lowest BCUT2D eigenvalue weighted by Crippen LogP contribution is -2.24. The van der Waals surface area contributed by atoms with Gasteiger partial charge in [-0.25, -0.2) is 4.98 Å². The number of benzene rings is 1. The van der Waals surface area contributed by atoms with Gasteiger partial charge >= 0.3 is 0 Å². The van der Waals surface area contributed by atoms with Crippen LogP contribution in [0.15, 0.2) is 47.4 Å². The summed E-state index contributed by atoms with van der Waals surface area (Å²) in [4.78, 5) is 29.4. The minimum Gasteiger partial charge on any atom is -0.487 e. The average molecular weight is 405 g/mol. The summed E-state index contributed by atoms with van der Waals surface area (Å²) < 4.78 is 7.48. The Hall–Kier alpha value is -3.15. The first kappa shape index (κ1) is 20.1. The average Bonchev–Trinajstić information content (AvgIpc) is 2.74. The quantitative estimate of drug-likeness (QED) is 0.682. The molecule has 0 bridgehead atoms. The van der Waals surface area contributed by atoms with E-state index in [9.17, 15) is 9.59 Å². The SMILES string of the molecule is Cc1ccn2c(=O)cc(COc3cc(NC(=O)C4CCCCC4)ccc3C)nc2c1. The number of hydrogen-bond acceptors (Lipinski definition) is 4. The molecule has 6 heteroatoms. The number of anilines is 1. The summed E-state index contributed by atoms with van der Waals surface area (Å²) in [5, 5.41) is 3.03. The Morgan fingerprint density at radius 1 is 1.13 bits per heavy atom. The van der Waals surface area contributed by atoms with Gasteiger partial charge in [-0.15, -0.1) is 0 Å². The Kier molecular flexibility index (Phi) is 5.84. The normalized spacial score (nSPS) is 14.6. The molecule has 0 unspecified atom stereocenters. The largest absolute Gasteiger partial charge is 0.487 e. The van der Waals surface area contributed by atoms with Gasteiger partial charge in [0.1, 0.15) is 18.0 Å². The number of aryl methyl sites for hydroxylation is 2. The van der Waals surface area contributed by atoms with Crippen molar-refractivity contribution in [3.8, 4) is 5.75 Å². The summed E-state index contributed by atoms with van der Waals surface area (Å²) in [6, 6.07) is 10.9. The molecule has 3 aromatic rings. The first-order valence-corrected chi connectivity index (χ1v) is 10.5. The topological polar surface area (TPSA) is 72.7 Å². The lowest BCUT2D eigenvalue weighted by atomic mass is 9.88. The molecular weight excluding hydrogens is 378 g/mol. The van der Waals surface area contributed by atoms with Crippen LogP contribution in [0.1, 0.15) is 48.9 Å². The highest BCUT2D eigenvalue weighted by Crippen LogP contribution is 2.27. The monoisotopic (exact) mass is 405 g/mol. The van der Waals surface area contributed by atoms with Gasteiger partial charge in [0.15, 0.2) is 0 Å². The molecule has 0 aliphatic heterocycles. The number of fused-ring (bicyclic) bond motifs is 1. The second-order valence-corrected chi connectivity index (χ2v) is 8.11. The third-order valence-corrected chi connectivity index (χ3v) is 5.68. The first-order valence-electron chi connectivity index (χ1n) is 10.5. The third kappa shape index (κ3) is 4.53. The summed E-state index contributed by atoms with van der Waals surface area (Å²) in [7, 11) is 0. The van der Waals surface area contributed by atoms with Crippen molar-refractivity contribution in [2.75, 3.05) is 5.32 Å². The maximum atomic E-state index is 12.5. The molecule has 1 saturated carbocycles. The van der Waals surface area contributed by atoms with Gasteiger partial charge in [0.25, 0.3) is 5.56 Å². The zero-order valence-corrected chi connectivity index (χ0v) is 17.5. The number of nitrogens with zero attached hydrogens (tertiary/aromatic N) is 2. The molecule has 1 aliphatic rings. The fraction of sp³-hybridized carbons (Fsp3) is 0.375. The van der Waals surface area contributed by atoms with Crippen molar-refractivity contribution in [1.82, 2.24) is 9.38 Å². The summed E-state index contributed by atoms with van der Waals surface area (Å²) in [5.74, 6) is 0.856. The maximum Gasteiger partial charge on any atom is 0.258 e. The van der Waals surface area contributed by atoms with Crippen LogP contribution in [0.25, 0.3) is 5.65 Å². The van der Waals surface area contributed by atoms with E-state index in [1.165, 1.54) is 16.9 Å². The molecule has 156 valence electrons. The van der Waals surface area contributed by atoms with Gasteiger partial charge in [0.2, 0.25) is 5.91 Å². The first-order chi connectivity index (χ1) is 14.5. The molecular formula is C24H27N3O3. The van der Waals surface area contributed by atoms with Crippen molar-refractivity contribution >= 4 is 17.2 Å². The lowest BCUT2D eigenvalue weighted by Gasteiger charge is -2.21. The fourth-order valence-corrected chi connectivity index (χ4v) is 3.92. The van der Waals surface area contributed by atoms with Crippen molar-refractivity contribution in [2.24, 2.45) is 5.92 Å². The van der Waals surface area contributed by atoms with Gasteiger partial charge in [-0.2, -0.15) is 0 Å². The Balaban J connectivity index is 1.48. The highest BCUT2D eigenvalue weighted by atomic mass is 16.5. The number of amides is 1. The number of pyridine rings is 1. The van der Waals surface area contributed by atoms with Gasteiger partial charge in [-0.3, -0.25) is 14.0 Å². The molecule has 1 amide bonds. The number of ether oxygens (including phenoxy) is 1. The van der Waals surface area contributed by atoms with Crippen molar-refractivity contribution < 1.29 is 9.53 Å². The smallest absolute Gasteiger partial charge is 0.258 e. The highest BCUT2D eigenvalue weighted by Gasteiger charge is 2.21. The van der Waals surface area contributed by atoms with E-state index in [0.717, 1.165) is 42.5 Å². The minimum absolute atomic E-state index is 0.0871. The summed E-state index contributed by atoms with van der Waals surface area (Å²) in [6.45, 7) is 4.10. The molecule has 1 aromatic carbocycles. The van der Waals surface area contributed by atoms with Gasteiger partial charge in [-0.1, -0.05) is 25.3 Å². The van der Waals surface area contributed by atoms with E-state index in [2.05, 4.69) is 10.3 Å². The summed E-state index contributed by atoms with van der Waals surface area (Å²) in [6.07, 6.45) is 7.12. The molecule has 0 radical (unpaired) electrons. The molecule has 1 fully saturated rings. The van der Waals surface area contributed by atoms with Crippen LogP contribution in [0.2, 0.25) is 0 Å². The number of carbonyl (C=O) groups excluding carboxylic acids is 1. The molecule has 0 saturated heterocycles. The van der Waals surface area contributed by atoms with Crippen LogP contribution in [-0.2, 0) is 11.4 Å². The molecule has 1 N–H and O–H groups in total. The van der Waals surface area contributed by atoms with Crippen LogP contribution in [0.4, 0.5) is 5.69 Å². The van der Waals surface area contributed by atoms with E-state index in [1.807, 2.05) is 44.2 Å². The molecule has 1 aliphatic carbocycles. The van der Waals surface area contributed by atoms with E-state index in [0.29, 0.717) is 17.1 Å². The van der Waals surface area contributed by atoms with E-state index in [4.69, 9.17) is 4.74 Å². The fourth-order valence-electron chi connectivity index (χ4n) is 3.92. The van der Waals surface area contributed by atoms with Gasteiger partial charge in [0, 0.05) is 29.9 Å². The van der Waals surface area contributed by atoms with Gasteiger partial charge < -0.3 is 10.1 Å². The predicted molar refractivity (Wildman–Crippen MR) is 117 cm³/mol. The van der Waals surface area contributed by atoms with Crippen molar-refractivity contribution in [2.45, 2.75) is 52.6 Å². The van der Waals surface area contributed by atoms with Crippen LogP contribution >= 0.6 is 0 Å². The molecule has 30 heavy (non-hydrogen) atoms. The van der Waals surface area contributed by atoms with Crippen LogP contribution in [0, 0.1) is 19.8 Å². The van der Waals surface area contributed by atoms with Crippen LogP contribution in [-0.4, -0.2) is 15.3 Å². The Labute approximate surface area is 175 Å². The van der Waals surface area contributed by atoms with Gasteiger partial charge in [0.05, 0.1) is 5.69 Å². The van der Waals surface area contributed by atoms with Crippen molar-refractivity contribution in [3.63, 3.8) is 0 Å². The van der Waals surface area contributed by atoms with Crippen LogP contribution < -0.4 is 15.6 Å².